The quantitative estimate of drug-likeness (QED) is 0.109. The van der Waals surface area contributed by atoms with Crippen molar-refractivity contribution < 1.29 is 63.3 Å². The topological polar surface area (TPSA) is 83.0 Å². The van der Waals surface area contributed by atoms with E-state index >= 15 is 0 Å². The fraction of sp³-hybridized carbons (Fsp3) is 0.318. The van der Waals surface area contributed by atoms with Crippen LogP contribution >= 0.6 is 0 Å². The van der Waals surface area contributed by atoms with E-state index < -0.39 is 73.5 Å². The molecule has 2 rings (SSSR count). The van der Waals surface area contributed by atoms with E-state index in [0.717, 1.165) is 29.2 Å². The summed E-state index contributed by atoms with van der Waals surface area (Å²) in [5.74, 6) is -4.23. The molecule has 0 aliphatic carbocycles. The molecule has 17 heteroatoms. The Hall–Kier alpha value is -4.02. The van der Waals surface area contributed by atoms with Gasteiger partial charge in [-0.3, -0.25) is 9.69 Å². The summed E-state index contributed by atoms with van der Waals surface area (Å²) >= 11 is 0. The van der Waals surface area contributed by atoms with E-state index in [1.165, 1.54) is 6.08 Å². The minimum absolute atomic E-state index is 0.0576. The lowest BCUT2D eigenvalue weighted by molar-refractivity contribution is -0.274. The second-order valence-electron chi connectivity index (χ2n) is 7.22. The summed E-state index contributed by atoms with van der Waals surface area (Å²) in [7, 11) is 0. The van der Waals surface area contributed by atoms with Gasteiger partial charge in [0.1, 0.15) is 12.5 Å². The molecule has 214 valence electrons. The van der Waals surface area contributed by atoms with Gasteiger partial charge in [-0.2, -0.15) is 36.3 Å². The number of carbonyl (C=O) groups excluding carboxylic acids is 1. The Bertz CT molecular complexity index is 1110. The van der Waals surface area contributed by atoms with Gasteiger partial charge in [-0.15, -0.1) is 19.8 Å². The van der Waals surface area contributed by atoms with Gasteiger partial charge >= 0.3 is 18.7 Å². The molecule has 8 nitrogen and oxygen atoms in total. The molecule has 0 radical (unpaired) electrons. The molecule has 0 saturated carbocycles. The van der Waals surface area contributed by atoms with Crippen LogP contribution in [-0.4, -0.2) is 61.1 Å². The third kappa shape index (κ3) is 11.1. The number of benzene rings is 1. The van der Waals surface area contributed by atoms with Crippen LogP contribution in [0.2, 0.25) is 0 Å². The number of aromatic nitrogens is 2. The highest BCUT2D eigenvalue weighted by molar-refractivity contribution is 6.24. The Balaban J connectivity index is 2.40. The summed E-state index contributed by atoms with van der Waals surface area (Å²) in [5.41, 5.74) is -0.722. The van der Waals surface area contributed by atoms with Crippen molar-refractivity contribution in [1.82, 2.24) is 9.97 Å². The van der Waals surface area contributed by atoms with Crippen LogP contribution in [0.25, 0.3) is 5.57 Å². The first-order valence-corrected chi connectivity index (χ1v) is 10.3. The van der Waals surface area contributed by atoms with Crippen LogP contribution in [0.4, 0.5) is 45.2 Å². The Morgan fingerprint density at radius 3 is 1.85 bits per heavy atom. The number of carbonyl (C=O) groups is 1. The number of nitrogens with zero attached hydrogens (tertiary/aromatic N) is 3. The molecule has 0 spiro atoms. The van der Waals surface area contributed by atoms with Crippen LogP contribution in [0.3, 0.4) is 0 Å². The van der Waals surface area contributed by atoms with Crippen LogP contribution in [0.15, 0.2) is 49.6 Å². The van der Waals surface area contributed by atoms with Crippen molar-refractivity contribution in [2.75, 3.05) is 31.5 Å². The Kier molecular flexibility index (Phi) is 10.1. The van der Waals surface area contributed by atoms with Crippen molar-refractivity contribution in [2.45, 2.75) is 18.7 Å². The predicted molar refractivity (Wildman–Crippen MR) is 116 cm³/mol. The van der Waals surface area contributed by atoms with E-state index in [0.29, 0.717) is 6.07 Å². The number of halogens is 9. The van der Waals surface area contributed by atoms with E-state index in [4.69, 9.17) is 4.74 Å². The minimum Gasteiger partial charge on any atom is -0.468 e. The number of hydrogen-bond acceptors (Lipinski definition) is 7. The number of amides is 1. The van der Waals surface area contributed by atoms with E-state index in [1.54, 1.807) is 0 Å². The summed E-state index contributed by atoms with van der Waals surface area (Å²) in [6, 6.07) is 4.40. The van der Waals surface area contributed by atoms with Crippen LogP contribution in [0, 0.1) is 0 Å². The fourth-order valence-corrected chi connectivity index (χ4v) is 2.56. The van der Waals surface area contributed by atoms with Gasteiger partial charge in [-0.25, -0.2) is 0 Å². The highest BCUT2D eigenvalue weighted by Crippen LogP contribution is 2.28. The largest absolute Gasteiger partial charge is 0.573 e. The average molecular weight is 575 g/mol. The molecule has 0 atom stereocenters. The second kappa shape index (κ2) is 12.7. The van der Waals surface area contributed by atoms with Crippen LogP contribution < -0.4 is 19.1 Å². The van der Waals surface area contributed by atoms with E-state index in [-0.39, 0.29) is 12.3 Å². The smallest absolute Gasteiger partial charge is 0.468 e. The zero-order chi connectivity index (χ0) is 29.4. The van der Waals surface area contributed by atoms with Crippen molar-refractivity contribution in [1.29, 1.82) is 0 Å². The highest BCUT2D eigenvalue weighted by atomic mass is 19.4. The monoisotopic (exact) mass is 575 g/mol. The maximum atomic E-state index is 13.2. The number of rotatable bonds is 12. The molecule has 39 heavy (non-hydrogen) atoms. The van der Waals surface area contributed by atoms with Crippen molar-refractivity contribution in [3.05, 3.63) is 55.4 Å². The van der Waals surface area contributed by atoms with Crippen LogP contribution in [-0.2, 0) is 9.53 Å². The van der Waals surface area contributed by atoms with Gasteiger partial charge < -0.3 is 18.9 Å². The first kappa shape index (κ1) is 31.2. The second-order valence-corrected chi connectivity index (χ2v) is 7.22. The van der Waals surface area contributed by atoms with Gasteiger partial charge in [0.25, 0.3) is 5.91 Å². The van der Waals surface area contributed by atoms with Gasteiger partial charge in [0.15, 0.2) is 19.0 Å². The molecule has 1 aromatic heterocycles. The molecule has 0 unspecified atom stereocenters. The predicted octanol–water partition coefficient (Wildman–Crippen LogP) is 5.46. The Morgan fingerprint density at radius 2 is 1.41 bits per heavy atom. The fourth-order valence-electron chi connectivity index (χ4n) is 2.56. The maximum absolute atomic E-state index is 13.2. The SMILES string of the molecule is C=CCOCN(C(=O)C(=C)c1nc(OCC(F)(F)F)cc(OCC(F)(F)F)n1)c1ccc(OC(F)(F)F)cc1. The normalized spacial score (nSPS) is 12.0. The maximum Gasteiger partial charge on any atom is 0.573 e. The lowest BCUT2D eigenvalue weighted by Crippen LogP contribution is -2.34. The first-order valence-electron chi connectivity index (χ1n) is 10.3. The summed E-state index contributed by atoms with van der Waals surface area (Å²) < 4.78 is 131. The van der Waals surface area contributed by atoms with Gasteiger partial charge in [0.05, 0.1) is 18.2 Å². The summed E-state index contributed by atoms with van der Waals surface area (Å²) in [5, 5.41) is 0. The van der Waals surface area contributed by atoms with Gasteiger partial charge in [-0.05, 0) is 24.3 Å². The first-order chi connectivity index (χ1) is 18.0. The highest BCUT2D eigenvalue weighted by Gasteiger charge is 2.32. The average Bonchev–Trinajstić information content (AvgIpc) is 2.82. The van der Waals surface area contributed by atoms with Crippen molar-refractivity contribution >= 4 is 17.2 Å². The van der Waals surface area contributed by atoms with Crippen molar-refractivity contribution in [2.24, 2.45) is 0 Å². The third-order valence-corrected chi connectivity index (χ3v) is 4.06. The van der Waals surface area contributed by atoms with E-state index in [9.17, 15) is 44.3 Å². The zero-order valence-electron chi connectivity index (χ0n) is 19.5. The van der Waals surface area contributed by atoms with Crippen molar-refractivity contribution in [3.63, 3.8) is 0 Å². The summed E-state index contributed by atoms with van der Waals surface area (Å²) in [4.78, 5) is 21.2. The lowest BCUT2D eigenvalue weighted by atomic mass is 10.2. The molecular weight excluding hydrogens is 557 g/mol. The molecule has 1 heterocycles. The van der Waals surface area contributed by atoms with Gasteiger partial charge in [0, 0.05) is 5.69 Å². The molecule has 0 fully saturated rings. The molecule has 0 N–H and O–H groups in total. The molecule has 0 aliphatic heterocycles. The number of ether oxygens (including phenoxy) is 4. The van der Waals surface area contributed by atoms with Gasteiger partial charge in [0.2, 0.25) is 11.8 Å². The summed E-state index contributed by atoms with van der Waals surface area (Å²) in [6.07, 6.45) is -13.4. The molecule has 0 aliphatic rings. The molecular formula is C22H18F9N3O5. The third-order valence-electron chi connectivity index (χ3n) is 4.06. The van der Waals surface area contributed by atoms with E-state index in [1.807, 2.05) is 0 Å². The molecule has 1 amide bonds. The number of hydrogen-bond donors (Lipinski definition) is 0. The van der Waals surface area contributed by atoms with Crippen LogP contribution in [0.1, 0.15) is 5.82 Å². The van der Waals surface area contributed by atoms with Gasteiger partial charge in [-0.1, -0.05) is 12.7 Å². The Labute approximate surface area is 214 Å². The van der Waals surface area contributed by atoms with Crippen LogP contribution in [0.5, 0.6) is 17.5 Å². The zero-order valence-corrected chi connectivity index (χ0v) is 19.5. The minimum atomic E-state index is -4.99. The molecule has 1 aromatic carbocycles. The summed E-state index contributed by atoms with van der Waals surface area (Å²) in [6.45, 7) is 2.48. The van der Waals surface area contributed by atoms with Crippen molar-refractivity contribution in [3.8, 4) is 17.5 Å². The lowest BCUT2D eigenvalue weighted by Gasteiger charge is -2.23. The van der Waals surface area contributed by atoms with E-state index in [2.05, 4.69) is 37.3 Å². The number of anilines is 1. The standard InChI is InChI=1S/C22H18F9N3O5/c1-3-8-36-12-34(14-4-6-15(7-5-14)39-22(29,30)31)19(35)13(2)18-32-16(37-10-20(23,24)25)9-17(33-18)38-11-21(26,27)28/h3-7,9H,1-2,8,10-12H2. The Morgan fingerprint density at radius 1 is 0.897 bits per heavy atom. The molecule has 0 bridgehead atoms. The molecule has 2 aromatic rings. The molecule has 0 saturated heterocycles. The number of alkyl halides is 9.